The molecule has 7 nitrogen and oxygen atoms in total. The van der Waals surface area contributed by atoms with Gasteiger partial charge < -0.3 is 24.8 Å². The first kappa shape index (κ1) is 22.4. The molecule has 0 spiro atoms. The molecule has 0 heterocycles. The predicted molar refractivity (Wildman–Crippen MR) is 115 cm³/mol. The standard InChI is InChI=1S/C21H26N2O5S/c1-26-16-6-4-15(5-7-16)10-11-22-20(24)13-29-14-21(25)23-18-9-8-17(27-2)12-19(18)28-3/h4-9,12H,10-11,13-14H2,1-3H3,(H,22,24)(H,23,25). The third-order valence-electron chi connectivity index (χ3n) is 4.04. The van der Waals surface area contributed by atoms with E-state index < -0.39 is 0 Å². The van der Waals surface area contributed by atoms with Crippen molar-refractivity contribution < 1.29 is 23.8 Å². The Balaban J connectivity index is 1.67. The molecule has 2 aromatic rings. The number of methoxy groups -OCH3 is 3. The summed E-state index contributed by atoms with van der Waals surface area (Å²) in [4.78, 5) is 24.0. The van der Waals surface area contributed by atoms with Gasteiger partial charge in [-0.1, -0.05) is 12.1 Å². The van der Waals surface area contributed by atoms with Crippen LogP contribution in [-0.4, -0.2) is 51.2 Å². The number of anilines is 1. The lowest BCUT2D eigenvalue weighted by atomic mass is 10.1. The van der Waals surface area contributed by atoms with Crippen molar-refractivity contribution >= 4 is 29.3 Å². The van der Waals surface area contributed by atoms with Crippen molar-refractivity contribution in [2.45, 2.75) is 6.42 Å². The fourth-order valence-electron chi connectivity index (χ4n) is 2.51. The molecular weight excluding hydrogens is 392 g/mol. The fraction of sp³-hybridized carbons (Fsp3) is 0.333. The molecule has 2 aromatic carbocycles. The van der Waals surface area contributed by atoms with Crippen LogP contribution in [0.4, 0.5) is 5.69 Å². The van der Waals surface area contributed by atoms with Crippen LogP contribution in [0.15, 0.2) is 42.5 Å². The number of thioether (sulfide) groups is 1. The van der Waals surface area contributed by atoms with Crippen molar-refractivity contribution in [2.24, 2.45) is 0 Å². The Hall–Kier alpha value is -2.87. The Kier molecular flexibility index (Phi) is 9.17. The van der Waals surface area contributed by atoms with Crippen LogP contribution in [0.3, 0.4) is 0 Å². The number of hydrogen-bond donors (Lipinski definition) is 2. The van der Waals surface area contributed by atoms with Crippen molar-refractivity contribution in [1.29, 1.82) is 0 Å². The van der Waals surface area contributed by atoms with Gasteiger partial charge in [-0.15, -0.1) is 11.8 Å². The third-order valence-corrected chi connectivity index (χ3v) is 4.98. The SMILES string of the molecule is COc1ccc(CCNC(=O)CSCC(=O)Nc2ccc(OC)cc2OC)cc1. The number of ether oxygens (including phenoxy) is 3. The summed E-state index contributed by atoms with van der Waals surface area (Å²) in [5.41, 5.74) is 1.68. The Morgan fingerprint density at radius 2 is 1.52 bits per heavy atom. The lowest BCUT2D eigenvalue weighted by Crippen LogP contribution is -2.28. The zero-order chi connectivity index (χ0) is 21.1. The average molecular weight is 419 g/mol. The lowest BCUT2D eigenvalue weighted by Gasteiger charge is -2.11. The Bertz CT molecular complexity index is 811. The minimum absolute atomic E-state index is 0.0988. The van der Waals surface area contributed by atoms with E-state index in [1.807, 2.05) is 24.3 Å². The van der Waals surface area contributed by atoms with Crippen molar-refractivity contribution in [3.05, 3.63) is 48.0 Å². The fourth-order valence-corrected chi connectivity index (χ4v) is 3.16. The maximum atomic E-state index is 12.1. The van der Waals surface area contributed by atoms with E-state index in [1.54, 1.807) is 32.4 Å². The van der Waals surface area contributed by atoms with Crippen LogP contribution < -0.4 is 24.8 Å². The first-order chi connectivity index (χ1) is 14.0. The largest absolute Gasteiger partial charge is 0.497 e. The Labute approximate surface area is 175 Å². The van der Waals surface area contributed by atoms with Crippen LogP contribution in [0, 0.1) is 0 Å². The van der Waals surface area contributed by atoms with Crippen LogP contribution >= 0.6 is 11.8 Å². The van der Waals surface area contributed by atoms with Gasteiger partial charge in [-0.25, -0.2) is 0 Å². The summed E-state index contributed by atoms with van der Waals surface area (Å²) in [5.74, 6) is 2.04. The Morgan fingerprint density at radius 1 is 0.862 bits per heavy atom. The summed E-state index contributed by atoms with van der Waals surface area (Å²) in [7, 11) is 4.71. The number of carbonyl (C=O) groups excluding carboxylic acids is 2. The number of nitrogens with one attached hydrogen (secondary N) is 2. The third kappa shape index (κ3) is 7.57. The highest BCUT2D eigenvalue weighted by Crippen LogP contribution is 2.29. The second-order valence-corrected chi connectivity index (χ2v) is 7.04. The number of benzene rings is 2. The smallest absolute Gasteiger partial charge is 0.234 e. The first-order valence-corrected chi connectivity index (χ1v) is 10.2. The molecule has 0 bridgehead atoms. The number of amides is 2. The summed E-state index contributed by atoms with van der Waals surface area (Å²) in [6, 6.07) is 12.9. The van der Waals surface area contributed by atoms with E-state index in [1.165, 1.54) is 18.9 Å². The van der Waals surface area contributed by atoms with Gasteiger partial charge in [0.1, 0.15) is 17.2 Å². The summed E-state index contributed by atoms with van der Waals surface area (Å²) < 4.78 is 15.5. The highest BCUT2D eigenvalue weighted by Gasteiger charge is 2.10. The van der Waals surface area contributed by atoms with Gasteiger partial charge >= 0.3 is 0 Å². The van der Waals surface area contributed by atoms with Crippen molar-refractivity contribution in [3.8, 4) is 17.2 Å². The zero-order valence-corrected chi connectivity index (χ0v) is 17.6. The minimum atomic E-state index is -0.204. The maximum Gasteiger partial charge on any atom is 0.234 e. The van der Waals surface area contributed by atoms with Gasteiger partial charge in [0, 0.05) is 12.6 Å². The molecule has 156 valence electrons. The molecule has 0 aliphatic rings. The minimum Gasteiger partial charge on any atom is -0.497 e. The predicted octanol–water partition coefficient (Wildman–Crippen LogP) is 2.74. The van der Waals surface area contributed by atoms with Gasteiger partial charge in [-0.05, 0) is 36.2 Å². The molecule has 0 aliphatic carbocycles. The van der Waals surface area contributed by atoms with Crippen molar-refractivity contribution in [1.82, 2.24) is 5.32 Å². The molecule has 0 saturated carbocycles. The summed E-state index contributed by atoms with van der Waals surface area (Å²) in [5, 5.41) is 5.64. The molecule has 2 N–H and O–H groups in total. The molecule has 0 aliphatic heterocycles. The zero-order valence-electron chi connectivity index (χ0n) is 16.8. The first-order valence-electron chi connectivity index (χ1n) is 9.05. The summed E-state index contributed by atoms with van der Waals surface area (Å²) in [6.07, 6.45) is 0.734. The average Bonchev–Trinajstić information content (AvgIpc) is 2.74. The molecule has 2 amide bonds. The highest BCUT2D eigenvalue weighted by atomic mass is 32.2. The van der Waals surface area contributed by atoms with E-state index in [9.17, 15) is 9.59 Å². The maximum absolute atomic E-state index is 12.1. The van der Waals surface area contributed by atoms with Gasteiger partial charge in [-0.3, -0.25) is 9.59 Å². The van der Waals surface area contributed by atoms with Gasteiger partial charge in [0.25, 0.3) is 0 Å². The molecule has 0 radical (unpaired) electrons. The molecule has 0 unspecified atom stereocenters. The number of hydrogen-bond acceptors (Lipinski definition) is 6. The van der Waals surface area contributed by atoms with Gasteiger partial charge in [-0.2, -0.15) is 0 Å². The van der Waals surface area contributed by atoms with Gasteiger partial charge in [0.2, 0.25) is 11.8 Å². The lowest BCUT2D eigenvalue weighted by molar-refractivity contribution is -0.118. The molecule has 0 fully saturated rings. The monoisotopic (exact) mass is 418 g/mol. The molecule has 0 atom stereocenters. The topological polar surface area (TPSA) is 85.9 Å². The highest BCUT2D eigenvalue weighted by molar-refractivity contribution is 8.00. The van der Waals surface area contributed by atoms with E-state index in [0.717, 1.165) is 17.7 Å². The second-order valence-electron chi connectivity index (χ2n) is 6.06. The van der Waals surface area contributed by atoms with Gasteiger partial charge in [0.15, 0.2) is 0 Å². The van der Waals surface area contributed by atoms with Crippen LogP contribution in [-0.2, 0) is 16.0 Å². The van der Waals surface area contributed by atoms with Crippen molar-refractivity contribution in [2.75, 3.05) is 44.7 Å². The Morgan fingerprint density at radius 3 is 2.17 bits per heavy atom. The molecule has 0 saturated heterocycles. The van der Waals surface area contributed by atoms with Crippen LogP contribution in [0.5, 0.6) is 17.2 Å². The van der Waals surface area contributed by atoms with Crippen LogP contribution in [0.25, 0.3) is 0 Å². The second kappa shape index (κ2) is 11.9. The van der Waals surface area contributed by atoms with E-state index in [2.05, 4.69) is 10.6 Å². The van der Waals surface area contributed by atoms with Gasteiger partial charge in [0.05, 0.1) is 38.5 Å². The molecule has 2 rings (SSSR count). The van der Waals surface area contributed by atoms with Crippen LogP contribution in [0.1, 0.15) is 5.56 Å². The summed E-state index contributed by atoms with van der Waals surface area (Å²) >= 11 is 1.25. The van der Waals surface area contributed by atoms with Crippen LogP contribution in [0.2, 0.25) is 0 Å². The number of rotatable bonds is 11. The molecule has 8 heteroatoms. The summed E-state index contributed by atoms with van der Waals surface area (Å²) in [6.45, 7) is 0.543. The normalized spacial score (nSPS) is 10.2. The molecular formula is C21H26N2O5S. The quantitative estimate of drug-likeness (QED) is 0.584. The van der Waals surface area contributed by atoms with E-state index in [-0.39, 0.29) is 23.3 Å². The molecule has 0 aromatic heterocycles. The van der Waals surface area contributed by atoms with E-state index in [0.29, 0.717) is 23.7 Å². The van der Waals surface area contributed by atoms with Crippen molar-refractivity contribution in [3.63, 3.8) is 0 Å². The number of carbonyl (C=O) groups is 2. The molecule has 29 heavy (non-hydrogen) atoms. The van der Waals surface area contributed by atoms with E-state index >= 15 is 0 Å². The van der Waals surface area contributed by atoms with E-state index in [4.69, 9.17) is 14.2 Å².